The molecule has 34 heavy (non-hydrogen) atoms. The molecule has 2 aromatic carbocycles. The lowest BCUT2D eigenvalue weighted by Gasteiger charge is -2.22. The zero-order chi connectivity index (χ0) is 25.0. The number of carbonyl (C=O) groups is 1. The van der Waals surface area contributed by atoms with E-state index in [0.717, 1.165) is 34.0 Å². The summed E-state index contributed by atoms with van der Waals surface area (Å²) >= 11 is 1.46. The van der Waals surface area contributed by atoms with Gasteiger partial charge in [0.1, 0.15) is 10.8 Å². The number of nitrogens with zero attached hydrogens (tertiary/aromatic N) is 2. The fraction of sp³-hybridized carbons (Fsp3) is 0.280. The summed E-state index contributed by atoms with van der Waals surface area (Å²) in [5, 5.41) is 9.47. The van der Waals surface area contributed by atoms with Crippen molar-refractivity contribution in [3.8, 4) is 16.3 Å². The van der Waals surface area contributed by atoms with Crippen LogP contribution >= 0.6 is 11.3 Å². The maximum absolute atomic E-state index is 12.9. The summed E-state index contributed by atoms with van der Waals surface area (Å²) in [4.78, 5) is 18.5. The fourth-order valence-corrected chi connectivity index (χ4v) is 4.71. The molecule has 0 radical (unpaired) electrons. The highest BCUT2D eigenvalue weighted by Gasteiger charge is 2.30. The maximum atomic E-state index is 12.9. The fourth-order valence-electron chi connectivity index (χ4n) is 3.43. The quantitative estimate of drug-likeness (QED) is 0.362. The lowest BCUT2D eigenvalue weighted by atomic mass is 10.1. The molecule has 0 aliphatic heterocycles. The van der Waals surface area contributed by atoms with Crippen molar-refractivity contribution in [3.63, 3.8) is 0 Å². The minimum atomic E-state index is -4.38. The van der Waals surface area contributed by atoms with Crippen LogP contribution in [0.1, 0.15) is 41.5 Å². The van der Waals surface area contributed by atoms with E-state index in [1.54, 1.807) is 18.2 Å². The summed E-state index contributed by atoms with van der Waals surface area (Å²) < 4.78 is 44.0. The first-order valence-corrected chi connectivity index (χ1v) is 11.3. The minimum Gasteiger partial charge on any atom is -0.482 e. The second-order valence-corrected chi connectivity index (χ2v) is 9.10. The molecule has 0 atom stereocenters. The molecule has 0 saturated carbocycles. The number of carboxylic acids is 1. The molecule has 5 nitrogen and oxygen atoms in total. The van der Waals surface area contributed by atoms with Crippen molar-refractivity contribution in [2.24, 2.45) is 0 Å². The lowest BCUT2D eigenvalue weighted by Crippen LogP contribution is -2.18. The topological polar surface area (TPSA) is 62.7 Å². The Morgan fingerprint density at radius 1 is 1.24 bits per heavy atom. The summed E-state index contributed by atoms with van der Waals surface area (Å²) in [5.74, 6) is -0.496. The van der Waals surface area contributed by atoms with E-state index in [1.165, 1.54) is 23.5 Å². The molecule has 180 valence electrons. The molecule has 1 N–H and O–H groups in total. The molecule has 3 aromatic rings. The van der Waals surface area contributed by atoms with Crippen molar-refractivity contribution in [1.29, 1.82) is 0 Å². The van der Waals surface area contributed by atoms with Gasteiger partial charge in [-0.15, -0.1) is 11.3 Å². The Kier molecular flexibility index (Phi) is 7.66. The van der Waals surface area contributed by atoms with Gasteiger partial charge in [-0.3, -0.25) is 0 Å². The Labute approximate surface area is 200 Å². The van der Waals surface area contributed by atoms with Crippen LogP contribution in [0.4, 0.5) is 18.9 Å². The van der Waals surface area contributed by atoms with E-state index < -0.39 is 24.3 Å². The van der Waals surface area contributed by atoms with E-state index in [1.807, 2.05) is 31.9 Å². The number of hydrogen-bond donors (Lipinski definition) is 1. The van der Waals surface area contributed by atoms with E-state index in [9.17, 15) is 18.0 Å². The minimum absolute atomic E-state index is 0.133. The molecule has 9 heteroatoms. The molecule has 0 spiro atoms. The van der Waals surface area contributed by atoms with Gasteiger partial charge < -0.3 is 14.7 Å². The number of carboxylic acid groups (broad SMARTS) is 1. The highest BCUT2D eigenvalue weighted by atomic mass is 32.1. The molecule has 1 aromatic heterocycles. The highest BCUT2D eigenvalue weighted by molar-refractivity contribution is 7.15. The summed E-state index contributed by atoms with van der Waals surface area (Å²) in [7, 11) is 1.92. The second-order valence-electron chi connectivity index (χ2n) is 8.02. The predicted octanol–water partition coefficient (Wildman–Crippen LogP) is 6.70. The smallest absolute Gasteiger partial charge is 0.416 e. The van der Waals surface area contributed by atoms with Crippen LogP contribution in [0.2, 0.25) is 0 Å². The number of aromatic nitrogens is 1. The van der Waals surface area contributed by atoms with Gasteiger partial charge in [-0.25, -0.2) is 9.78 Å². The Hall–Kier alpha value is -3.33. The van der Waals surface area contributed by atoms with Crippen molar-refractivity contribution >= 4 is 29.1 Å². The predicted molar refractivity (Wildman–Crippen MR) is 128 cm³/mol. The number of thiazole rings is 1. The van der Waals surface area contributed by atoms with Crippen molar-refractivity contribution in [1.82, 2.24) is 4.98 Å². The number of benzene rings is 2. The third-order valence-corrected chi connectivity index (χ3v) is 6.21. The van der Waals surface area contributed by atoms with E-state index in [-0.39, 0.29) is 5.92 Å². The Morgan fingerprint density at radius 3 is 2.47 bits per heavy atom. The Morgan fingerprint density at radius 2 is 1.91 bits per heavy atom. The number of anilines is 1. The molecule has 0 saturated heterocycles. The third kappa shape index (κ3) is 5.96. The monoisotopic (exact) mass is 490 g/mol. The molecule has 0 fully saturated rings. The van der Waals surface area contributed by atoms with Gasteiger partial charge in [0.25, 0.3) is 0 Å². The zero-order valence-corrected chi connectivity index (χ0v) is 19.8. The standard InChI is InChI=1S/C25H25F3N2O3S/c1-5-16-12-19(33-14-22(31)32)10-11-20(16)30(4)13-21-23(15(2)3)29-24(34-21)17-6-8-18(9-7-17)25(26,27)28/h5-12,15H,1,13-14H2,2-4H3,(H,31,32). The number of hydrogen-bond acceptors (Lipinski definition) is 5. The van der Waals surface area contributed by atoms with Crippen LogP contribution in [-0.4, -0.2) is 29.7 Å². The van der Waals surface area contributed by atoms with Crippen molar-refractivity contribution in [2.45, 2.75) is 32.5 Å². The molecule has 0 aliphatic rings. The molecule has 0 bridgehead atoms. The molecule has 0 unspecified atom stereocenters. The summed E-state index contributed by atoms with van der Waals surface area (Å²) in [6.07, 6.45) is -2.71. The van der Waals surface area contributed by atoms with Crippen molar-refractivity contribution < 1.29 is 27.8 Å². The number of aliphatic carboxylic acids is 1. The van der Waals surface area contributed by atoms with Crippen LogP contribution in [0, 0.1) is 0 Å². The zero-order valence-electron chi connectivity index (χ0n) is 19.0. The van der Waals surface area contributed by atoms with Gasteiger partial charge in [0.2, 0.25) is 0 Å². The largest absolute Gasteiger partial charge is 0.482 e. The third-order valence-electron chi connectivity index (χ3n) is 5.11. The second kappa shape index (κ2) is 10.3. The van der Waals surface area contributed by atoms with E-state index in [2.05, 4.69) is 6.58 Å². The van der Waals surface area contributed by atoms with Crippen LogP contribution in [0.3, 0.4) is 0 Å². The molecule has 3 rings (SSSR count). The normalized spacial score (nSPS) is 11.5. The SMILES string of the molecule is C=Cc1cc(OCC(=O)O)ccc1N(C)Cc1sc(-c2ccc(C(F)(F)F)cc2)nc1C(C)C. The van der Waals surface area contributed by atoms with E-state index in [0.29, 0.717) is 22.9 Å². The van der Waals surface area contributed by atoms with Gasteiger partial charge in [0.15, 0.2) is 6.61 Å². The lowest BCUT2D eigenvalue weighted by molar-refractivity contribution is -0.139. The molecule has 0 aliphatic carbocycles. The van der Waals surface area contributed by atoms with E-state index >= 15 is 0 Å². The van der Waals surface area contributed by atoms with Gasteiger partial charge in [0.05, 0.1) is 17.8 Å². The van der Waals surface area contributed by atoms with Crippen LogP contribution in [-0.2, 0) is 17.5 Å². The van der Waals surface area contributed by atoms with Crippen LogP contribution in [0.5, 0.6) is 5.75 Å². The Balaban J connectivity index is 1.87. The average molecular weight is 491 g/mol. The van der Waals surface area contributed by atoms with Gasteiger partial charge in [-0.05, 0) is 36.2 Å². The van der Waals surface area contributed by atoms with Crippen molar-refractivity contribution in [2.75, 3.05) is 18.6 Å². The molecule has 0 amide bonds. The molecular weight excluding hydrogens is 465 g/mol. The van der Waals surface area contributed by atoms with Gasteiger partial charge in [-0.2, -0.15) is 13.2 Å². The van der Waals surface area contributed by atoms with E-state index in [4.69, 9.17) is 14.8 Å². The van der Waals surface area contributed by atoms with Gasteiger partial charge in [-0.1, -0.05) is 38.6 Å². The Bertz CT molecular complexity index is 1170. The van der Waals surface area contributed by atoms with Crippen LogP contribution in [0.25, 0.3) is 16.6 Å². The number of alkyl halides is 3. The molecular formula is C25H25F3N2O3S. The number of rotatable bonds is 9. The first kappa shape index (κ1) is 25.3. The maximum Gasteiger partial charge on any atom is 0.416 e. The first-order valence-electron chi connectivity index (χ1n) is 10.5. The highest BCUT2D eigenvalue weighted by Crippen LogP contribution is 2.36. The van der Waals surface area contributed by atoms with Gasteiger partial charge >= 0.3 is 12.1 Å². The number of halogens is 3. The number of ether oxygens (including phenoxy) is 1. The molecule has 1 heterocycles. The summed E-state index contributed by atoms with van der Waals surface area (Å²) in [6, 6.07) is 10.3. The van der Waals surface area contributed by atoms with Gasteiger partial charge in [0, 0.05) is 28.7 Å². The first-order chi connectivity index (χ1) is 16.0. The summed E-state index contributed by atoms with van der Waals surface area (Å²) in [5.41, 5.74) is 2.50. The summed E-state index contributed by atoms with van der Waals surface area (Å²) in [6.45, 7) is 7.99. The van der Waals surface area contributed by atoms with Crippen LogP contribution < -0.4 is 9.64 Å². The van der Waals surface area contributed by atoms with Crippen molar-refractivity contribution in [3.05, 3.63) is 70.7 Å². The average Bonchev–Trinajstić information content (AvgIpc) is 3.21. The van der Waals surface area contributed by atoms with Crippen LogP contribution in [0.15, 0.2) is 49.0 Å².